The average Bonchev–Trinajstić information content (AvgIpc) is 3.24. The number of hydrogen-bond donors (Lipinski definition) is 3. The summed E-state index contributed by atoms with van der Waals surface area (Å²) in [6.45, 7) is 2.13. The number of amides is 1. The van der Waals surface area contributed by atoms with Crippen molar-refractivity contribution >= 4 is 5.91 Å². The van der Waals surface area contributed by atoms with Gasteiger partial charge in [0.05, 0.1) is 37.0 Å². The molecule has 8 heteroatoms. The highest BCUT2D eigenvalue weighted by molar-refractivity contribution is 5.77. The predicted octanol–water partition coefficient (Wildman–Crippen LogP) is -0.312. The highest BCUT2D eigenvalue weighted by Crippen LogP contribution is 2.26. The zero-order valence-electron chi connectivity index (χ0n) is 15.7. The fraction of sp³-hybridized carbons (Fsp3) is 0.684. The van der Waals surface area contributed by atoms with Crippen LogP contribution in [0.3, 0.4) is 0 Å². The molecule has 3 heterocycles. The van der Waals surface area contributed by atoms with Crippen LogP contribution in [0, 0.1) is 0 Å². The SMILES string of the molecule is COCC1CCCN1C(=O)CC1OC(CNCc2ccccn2)C(O)C1O. The molecule has 5 atom stereocenters. The highest BCUT2D eigenvalue weighted by atomic mass is 16.5. The predicted molar refractivity (Wildman–Crippen MR) is 97.8 cm³/mol. The molecule has 0 aromatic carbocycles. The third-order valence-electron chi connectivity index (χ3n) is 5.27. The van der Waals surface area contributed by atoms with Gasteiger partial charge in [-0.1, -0.05) is 6.07 Å². The molecule has 0 saturated carbocycles. The van der Waals surface area contributed by atoms with E-state index >= 15 is 0 Å². The number of hydrogen-bond acceptors (Lipinski definition) is 7. The summed E-state index contributed by atoms with van der Waals surface area (Å²) < 4.78 is 11.0. The maximum absolute atomic E-state index is 12.6. The summed E-state index contributed by atoms with van der Waals surface area (Å²) in [6, 6.07) is 5.75. The monoisotopic (exact) mass is 379 g/mol. The van der Waals surface area contributed by atoms with Crippen molar-refractivity contribution < 1.29 is 24.5 Å². The number of nitrogens with one attached hydrogen (secondary N) is 1. The quantitative estimate of drug-likeness (QED) is 0.569. The number of rotatable bonds is 8. The molecule has 1 aromatic heterocycles. The molecule has 5 unspecified atom stereocenters. The molecule has 1 aromatic rings. The molecule has 0 bridgehead atoms. The number of nitrogens with zero attached hydrogens (tertiary/aromatic N) is 2. The van der Waals surface area contributed by atoms with Crippen LogP contribution in [0.4, 0.5) is 0 Å². The lowest BCUT2D eigenvalue weighted by Gasteiger charge is -2.26. The Balaban J connectivity index is 1.48. The number of pyridine rings is 1. The molecule has 0 aliphatic carbocycles. The largest absolute Gasteiger partial charge is 0.388 e. The van der Waals surface area contributed by atoms with Crippen molar-refractivity contribution in [3.05, 3.63) is 30.1 Å². The van der Waals surface area contributed by atoms with Crippen molar-refractivity contribution in [1.82, 2.24) is 15.2 Å². The number of aromatic nitrogens is 1. The summed E-state index contributed by atoms with van der Waals surface area (Å²) >= 11 is 0. The zero-order chi connectivity index (χ0) is 19.2. The lowest BCUT2D eigenvalue weighted by Crippen LogP contribution is -2.41. The fourth-order valence-corrected chi connectivity index (χ4v) is 3.83. The van der Waals surface area contributed by atoms with Gasteiger partial charge in [0, 0.05) is 32.9 Å². The van der Waals surface area contributed by atoms with Crippen LogP contribution in [0.2, 0.25) is 0 Å². The van der Waals surface area contributed by atoms with Crippen molar-refractivity contribution in [3.8, 4) is 0 Å². The topological polar surface area (TPSA) is 104 Å². The van der Waals surface area contributed by atoms with E-state index in [1.807, 2.05) is 18.2 Å². The number of aliphatic hydroxyl groups excluding tert-OH is 2. The minimum absolute atomic E-state index is 0.0621. The minimum Gasteiger partial charge on any atom is -0.388 e. The standard InChI is InChI=1S/C19H29N3O5/c1-26-12-14-6-4-8-22(14)17(23)9-15-18(24)19(25)16(27-15)11-20-10-13-5-2-3-7-21-13/h2-3,5,7,14-16,18-20,24-25H,4,6,8-12H2,1H3. The first kappa shape index (κ1) is 20.2. The Labute approximate surface area is 159 Å². The summed E-state index contributed by atoms with van der Waals surface area (Å²) in [6.07, 6.45) is 0.319. The summed E-state index contributed by atoms with van der Waals surface area (Å²) in [5.41, 5.74) is 0.885. The smallest absolute Gasteiger partial charge is 0.225 e. The zero-order valence-corrected chi connectivity index (χ0v) is 15.7. The second-order valence-corrected chi connectivity index (χ2v) is 7.19. The Hall–Kier alpha value is -1.58. The second-order valence-electron chi connectivity index (χ2n) is 7.19. The Bertz CT molecular complexity index is 602. The molecular weight excluding hydrogens is 350 g/mol. The lowest BCUT2D eigenvalue weighted by molar-refractivity contribution is -0.137. The summed E-state index contributed by atoms with van der Waals surface area (Å²) in [5, 5.41) is 23.7. The molecule has 0 spiro atoms. The Morgan fingerprint density at radius 2 is 2.19 bits per heavy atom. The van der Waals surface area contributed by atoms with E-state index in [-0.39, 0.29) is 18.4 Å². The molecule has 1 amide bonds. The van der Waals surface area contributed by atoms with Crippen molar-refractivity contribution in [1.29, 1.82) is 0 Å². The molecule has 150 valence electrons. The lowest BCUT2D eigenvalue weighted by atomic mass is 10.0. The molecule has 2 aliphatic heterocycles. The molecule has 8 nitrogen and oxygen atoms in total. The van der Waals surface area contributed by atoms with Gasteiger partial charge in [-0.3, -0.25) is 9.78 Å². The van der Waals surface area contributed by atoms with Gasteiger partial charge in [0.2, 0.25) is 5.91 Å². The molecule has 27 heavy (non-hydrogen) atoms. The highest BCUT2D eigenvalue weighted by Gasteiger charge is 2.44. The van der Waals surface area contributed by atoms with Gasteiger partial charge < -0.3 is 29.9 Å². The van der Waals surface area contributed by atoms with Crippen LogP contribution in [0.5, 0.6) is 0 Å². The van der Waals surface area contributed by atoms with E-state index in [0.29, 0.717) is 26.2 Å². The van der Waals surface area contributed by atoms with Gasteiger partial charge in [0.1, 0.15) is 12.2 Å². The maximum atomic E-state index is 12.6. The van der Waals surface area contributed by atoms with Gasteiger partial charge in [-0.15, -0.1) is 0 Å². The van der Waals surface area contributed by atoms with Gasteiger partial charge in [-0.25, -0.2) is 0 Å². The molecule has 2 saturated heterocycles. The summed E-state index contributed by atoms with van der Waals surface area (Å²) in [4.78, 5) is 18.6. The van der Waals surface area contributed by atoms with Gasteiger partial charge in [-0.05, 0) is 25.0 Å². The maximum Gasteiger partial charge on any atom is 0.225 e. The van der Waals surface area contributed by atoms with Crippen molar-refractivity contribution in [3.63, 3.8) is 0 Å². The Morgan fingerprint density at radius 3 is 2.93 bits per heavy atom. The third-order valence-corrected chi connectivity index (χ3v) is 5.27. The normalized spacial score (nSPS) is 30.8. The summed E-state index contributed by atoms with van der Waals surface area (Å²) in [7, 11) is 1.63. The van der Waals surface area contributed by atoms with E-state index in [0.717, 1.165) is 18.5 Å². The van der Waals surface area contributed by atoms with Crippen molar-refractivity contribution in [2.75, 3.05) is 26.8 Å². The van der Waals surface area contributed by atoms with Gasteiger partial charge in [-0.2, -0.15) is 0 Å². The first-order chi connectivity index (χ1) is 13.1. The van der Waals surface area contributed by atoms with Crippen LogP contribution >= 0.6 is 0 Å². The first-order valence-corrected chi connectivity index (χ1v) is 9.50. The number of likely N-dealkylation sites (tertiary alicyclic amines) is 1. The van der Waals surface area contributed by atoms with E-state index in [2.05, 4.69) is 10.3 Å². The molecule has 2 aliphatic rings. The fourth-order valence-electron chi connectivity index (χ4n) is 3.83. The van der Waals surface area contributed by atoms with Gasteiger partial charge in [0.15, 0.2) is 0 Å². The van der Waals surface area contributed by atoms with Crippen LogP contribution in [-0.4, -0.2) is 83.3 Å². The van der Waals surface area contributed by atoms with E-state index in [1.54, 1.807) is 18.2 Å². The van der Waals surface area contributed by atoms with Crippen LogP contribution in [0.1, 0.15) is 25.0 Å². The number of carbonyl (C=O) groups excluding carboxylic acids is 1. The van der Waals surface area contributed by atoms with E-state index in [9.17, 15) is 15.0 Å². The van der Waals surface area contributed by atoms with E-state index < -0.39 is 24.4 Å². The third kappa shape index (κ3) is 5.03. The van der Waals surface area contributed by atoms with Crippen LogP contribution in [0.25, 0.3) is 0 Å². The van der Waals surface area contributed by atoms with E-state index in [4.69, 9.17) is 9.47 Å². The van der Waals surface area contributed by atoms with Crippen LogP contribution < -0.4 is 5.32 Å². The first-order valence-electron chi connectivity index (χ1n) is 9.50. The van der Waals surface area contributed by atoms with Crippen molar-refractivity contribution in [2.45, 2.75) is 56.3 Å². The van der Waals surface area contributed by atoms with E-state index in [1.165, 1.54) is 0 Å². The average molecular weight is 379 g/mol. The number of methoxy groups -OCH3 is 1. The Kier molecular flexibility index (Phi) is 7.14. The number of aliphatic hydroxyl groups is 2. The molecule has 2 fully saturated rings. The Morgan fingerprint density at radius 1 is 1.37 bits per heavy atom. The molecule has 3 rings (SSSR count). The molecule has 3 N–H and O–H groups in total. The number of ether oxygens (including phenoxy) is 2. The summed E-state index contributed by atoms with van der Waals surface area (Å²) in [5.74, 6) is -0.0621. The van der Waals surface area contributed by atoms with Crippen LogP contribution in [-0.2, 0) is 20.8 Å². The minimum atomic E-state index is -1.07. The van der Waals surface area contributed by atoms with Gasteiger partial charge in [0.25, 0.3) is 0 Å². The van der Waals surface area contributed by atoms with Gasteiger partial charge >= 0.3 is 0 Å². The second kappa shape index (κ2) is 9.57. The van der Waals surface area contributed by atoms with Crippen LogP contribution in [0.15, 0.2) is 24.4 Å². The number of carbonyl (C=O) groups is 1. The molecule has 0 radical (unpaired) electrons. The molecular formula is C19H29N3O5. The van der Waals surface area contributed by atoms with Crippen molar-refractivity contribution in [2.24, 2.45) is 0 Å².